The molecule has 0 spiro atoms. The Morgan fingerprint density at radius 2 is 1.68 bits per heavy atom. The minimum atomic E-state index is -0.845. The van der Waals surface area contributed by atoms with Crippen molar-refractivity contribution in [1.82, 2.24) is 10.6 Å². The Balaban J connectivity index is 4.19. The molecule has 0 radical (unpaired) electrons. The van der Waals surface area contributed by atoms with Gasteiger partial charge in [-0.15, -0.1) is 0 Å². The lowest BCUT2D eigenvalue weighted by atomic mass is 9.82. The molecule has 1 atom stereocenters. The van der Waals surface area contributed by atoms with E-state index in [0.29, 0.717) is 6.42 Å². The molecular formula is C14H28N2O3. The number of urea groups is 1. The van der Waals surface area contributed by atoms with Crippen molar-refractivity contribution in [2.45, 2.75) is 72.4 Å². The minimum absolute atomic E-state index is 0.0623. The zero-order valence-electron chi connectivity index (χ0n) is 13.0. The largest absolute Gasteiger partial charge is 0.481 e. The lowest BCUT2D eigenvalue weighted by Gasteiger charge is -2.33. The minimum Gasteiger partial charge on any atom is -0.481 e. The predicted molar refractivity (Wildman–Crippen MR) is 76.2 cm³/mol. The molecule has 5 heteroatoms. The van der Waals surface area contributed by atoms with Crippen LogP contribution >= 0.6 is 0 Å². The molecule has 0 heterocycles. The summed E-state index contributed by atoms with van der Waals surface area (Å²) in [5.74, 6) is -0.845. The van der Waals surface area contributed by atoms with E-state index in [9.17, 15) is 9.59 Å². The first-order valence-corrected chi connectivity index (χ1v) is 6.72. The van der Waals surface area contributed by atoms with E-state index >= 15 is 0 Å². The summed E-state index contributed by atoms with van der Waals surface area (Å²) in [6.45, 7) is 12.2. The van der Waals surface area contributed by atoms with Gasteiger partial charge >= 0.3 is 12.0 Å². The number of rotatable bonds is 6. The number of carboxylic acid groups (broad SMARTS) is 1. The molecule has 0 saturated heterocycles. The third-order valence-corrected chi connectivity index (χ3v) is 2.59. The van der Waals surface area contributed by atoms with E-state index in [2.05, 4.69) is 31.4 Å². The van der Waals surface area contributed by atoms with Crippen molar-refractivity contribution < 1.29 is 14.7 Å². The van der Waals surface area contributed by atoms with Gasteiger partial charge in [-0.05, 0) is 39.0 Å². The molecule has 2 amide bonds. The highest BCUT2D eigenvalue weighted by molar-refractivity contribution is 5.75. The van der Waals surface area contributed by atoms with E-state index in [1.807, 2.05) is 13.8 Å². The van der Waals surface area contributed by atoms with Crippen LogP contribution in [0.4, 0.5) is 4.79 Å². The molecule has 0 bridgehead atoms. The first-order valence-electron chi connectivity index (χ1n) is 6.72. The molecule has 5 nitrogen and oxygen atoms in total. The van der Waals surface area contributed by atoms with E-state index < -0.39 is 5.97 Å². The van der Waals surface area contributed by atoms with Crippen molar-refractivity contribution in [1.29, 1.82) is 0 Å². The average molecular weight is 272 g/mol. The number of hydrogen-bond acceptors (Lipinski definition) is 2. The van der Waals surface area contributed by atoms with Gasteiger partial charge < -0.3 is 15.7 Å². The van der Waals surface area contributed by atoms with Crippen LogP contribution in [0.3, 0.4) is 0 Å². The van der Waals surface area contributed by atoms with Crippen molar-refractivity contribution in [3.05, 3.63) is 0 Å². The van der Waals surface area contributed by atoms with Gasteiger partial charge in [0.15, 0.2) is 0 Å². The molecule has 0 saturated carbocycles. The van der Waals surface area contributed by atoms with Crippen LogP contribution in [-0.2, 0) is 4.79 Å². The van der Waals surface area contributed by atoms with E-state index in [4.69, 9.17) is 5.11 Å². The molecule has 0 aromatic heterocycles. The predicted octanol–water partition coefficient (Wildman–Crippen LogP) is 2.75. The molecule has 1 unspecified atom stereocenters. The second kappa shape index (κ2) is 6.78. The highest BCUT2D eigenvalue weighted by Gasteiger charge is 2.27. The first kappa shape index (κ1) is 17.7. The molecule has 3 N–H and O–H groups in total. The van der Waals surface area contributed by atoms with Gasteiger partial charge in [-0.1, -0.05) is 20.8 Å². The lowest BCUT2D eigenvalue weighted by molar-refractivity contribution is -0.137. The standard InChI is InChI=1S/C14H28N2O3/c1-10(7-8-11(17)18)15-12(19)16-14(5,6)9-13(2,3)4/h10H,7-9H2,1-6H3,(H,17,18)(H2,15,16,19). The van der Waals surface area contributed by atoms with Gasteiger partial charge in [0.05, 0.1) is 0 Å². The molecular weight excluding hydrogens is 244 g/mol. The summed E-state index contributed by atoms with van der Waals surface area (Å²) in [7, 11) is 0. The van der Waals surface area contributed by atoms with Gasteiger partial charge in [0, 0.05) is 18.0 Å². The van der Waals surface area contributed by atoms with Crippen molar-refractivity contribution in [3.8, 4) is 0 Å². The number of aliphatic carboxylic acids is 1. The molecule has 0 aliphatic heterocycles. The molecule has 0 aromatic rings. The Labute approximate surface area is 116 Å². The summed E-state index contributed by atoms with van der Waals surface area (Å²) in [5.41, 5.74) is -0.166. The maximum atomic E-state index is 11.8. The van der Waals surface area contributed by atoms with Crippen LogP contribution in [0.2, 0.25) is 0 Å². The molecule has 112 valence electrons. The summed E-state index contributed by atoms with van der Waals surface area (Å²) in [5, 5.41) is 14.3. The summed E-state index contributed by atoms with van der Waals surface area (Å²) in [6.07, 6.45) is 1.35. The Morgan fingerprint density at radius 3 is 2.11 bits per heavy atom. The van der Waals surface area contributed by atoms with Crippen LogP contribution in [0.15, 0.2) is 0 Å². The quantitative estimate of drug-likeness (QED) is 0.695. The van der Waals surface area contributed by atoms with Crippen LogP contribution in [0.5, 0.6) is 0 Å². The number of carbonyl (C=O) groups is 2. The lowest BCUT2D eigenvalue weighted by Crippen LogP contribution is -2.51. The third-order valence-electron chi connectivity index (χ3n) is 2.59. The Morgan fingerprint density at radius 1 is 1.16 bits per heavy atom. The molecule has 19 heavy (non-hydrogen) atoms. The summed E-state index contributed by atoms with van der Waals surface area (Å²) < 4.78 is 0. The Bertz CT molecular complexity index is 319. The van der Waals surface area contributed by atoms with Crippen LogP contribution in [0.1, 0.15) is 60.8 Å². The van der Waals surface area contributed by atoms with Crippen LogP contribution in [0.25, 0.3) is 0 Å². The number of amides is 2. The third kappa shape index (κ3) is 10.4. The topological polar surface area (TPSA) is 78.4 Å². The smallest absolute Gasteiger partial charge is 0.315 e. The number of carbonyl (C=O) groups excluding carboxylic acids is 1. The normalized spacial score (nSPS) is 13.8. The van der Waals surface area contributed by atoms with Gasteiger partial charge in [0.1, 0.15) is 0 Å². The molecule has 0 aliphatic carbocycles. The zero-order valence-corrected chi connectivity index (χ0v) is 13.0. The fourth-order valence-electron chi connectivity index (χ4n) is 2.35. The van der Waals surface area contributed by atoms with Crippen molar-refractivity contribution in [2.75, 3.05) is 0 Å². The van der Waals surface area contributed by atoms with E-state index in [1.165, 1.54) is 0 Å². The Hall–Kier alpha value is -1.26. The Kier molecular flexibility index (Phi) is 6.33. The molecule has 0 rings (SSSR count). The number of nitrogens with one attached hydrogen (secondary N) is 2. The van der Waals surface area contributed by atoms with E-state index in [-0.39, 0.29) is 29.4 Å². The summed E-state index contributed by atoms with van der Waals surface area (Å²) >= 11 is 0. The van der Waals surface area contributed by atoms with Crippen LogP contribution in [0, 0.1) is 5.41 Å². The van der Waals surface area contributed by atoms with Gasteiger partial charge in [-0.2, -0.15) is 0 Å². The first-order chi connectivity index (χ1) is 8.41. The van der Waals surface area contributed by atoms with Crippen molar-refractivity contribution >= 4 is 12.0 Å². The monoisotopic (exact) mass is 272 g/mol. The maximum Gasteiger partial charge on any atom is 0.315 e. The van der Waals surface area contributed by atoms with Crippen molar-refractivity contribution in [3.63, 3.8) is 0 Å². The summed E-state index contributed by atoms with van der Waals surface area (Å²) in [6, 6.07) is -0.395. The average Bonchev–Trinajstić information content (AvgIpc) is 2.08. The highest BCUT2D eigenvalue weighted by atomic mass is 16.4. The van der Waals surface area contributed by atoms with Crippen LogP contribution in [-0.4, -0.2) is 28.7 Å². The van der Waals surface area contributed by atoms with Crippen molar-refractivity contribution in [2.24, 2.45) is 5.41 Å². The van der Waals surface area contributed by atoms with Gasteiger partial charge in [0.25, 0.3) is 0 Å². The van der Waals surface area contributed by atoms with Gasteiger partial charge in [-0.25, -0.2) is 4.79 Å². The van der Waals surface area contributed by atoms with Gasteiger partial charge in [0.2, 0.25) is 0 Å². The molecule has 0 aliphatic rings. The fraction of sp³-hybridized carbons (Fsp3) is 0.857. The maximum absolute atomic E-state index is 11.8. The second-order valence-corrected chi connectivity index (χ2v) is 7.05. The van der Waals surface area contributed by atoms with Crippen LogP contribution < -0.4 is 10.6 Å². The summed E-state index contributed by atoms with van der Waals surface area (Å²) in [4.78, 5) is 22.3. The molecule has 0 aromatic carbocycles. The number of carboxylic acids is 1. The second-order valence-electron chi connectivity index (χ2n) is 7.05. The van der Waals surface area contributed by atoms with E-state index in [0.717, 1.165) is 6.42 Å². The fourth-order valence-corrected chi connectivity index (χ4v) is 2.35. The SMILES string of the molecule is CC(CCC(=O)O)NC(=O)NC(C)(C)CC(C)(C)C. The van der Waals surface area contributed by atoms with E-state index in [1.54, 1.807) is 6.92 Å². The highest BCUT2D eigenvalue weighted by Crippen LogP contribution is 2.26. The molecule has 0 fully saturated rings. The zero-order chi connectivity index (χ0) is 15.3. The van der Waals surface area contributed by atoms with Gasteiger partial charge in [-0.3, -0.25) is 4.79 Å². The number of hydrogen-bond donors (Lipinski definition) is 3.